The number of piperidine rings is 1. The molecule has 1 fully saturated rings. The van der Waals surface area contributed by atoms with E-state index in [0.717, 1.165) is 40.7 Å². The molecule has 1 aromatic heterocycles. The third-order valence-corrected chi connectivity index (χ3v) is 5.92. The van der Waals surface area contributed by atoms with Gasteiger partial charge in [-0.25, -0.2) is 0 Å². The van der Waals surface area contributed by atoms with Gasteiger partial charge in [-0.05, 0) is 61.9 Å². The highest BCUT2D eigenvalue weighted by molar-refractivity contribution is 7.98. The summed E-state index contributed by atoms with van der Waals surface area (Å²) < 4.78 is 0. The standard InChI is InChI=1S/C23H24N4OS/c1-29-21-8-4-3-7-19(21)23(28)24-18-11-9-17(10-12-18)20-13-14-22(26-25-20)27-15-5-2-6-16-27/h3-4,7-14H,2,5-6,15-16H2,1H3,(H,24,28). The minimum absolute atomic E-state index is 0.103. The summed E-state index contributed by atoms with van der Waals surface area (Å²) in [6, 6.07) is 19.4. The van der Waals surface area contributed by atoms with Crippen molar-refractivity contribution in [2.24, 2.45) is 0 Å². The molecule has 1 N–H and O–H groups in total. The van der Waals surface area contributed by atoms with E-state index in [1.54, 1.807) is 11.8 Å². The summed E-state index contributed by atoms with van der Waals surface area (Å²) in [6.07, 6.45) is 5.71. The summed E-state index contributed by atoms with van der Waals surface area (Å²) in [7, 11) is 0. The first-order valence-corrected chi connectivity index (χ1v) is 11.1. The van der Waals surface area contributed by atoms with Crippen LogP contribution in [0.1, 0.15) is 29.6 Å². The number of rotatable bonds is 5. The van der Waals surface area contributed by atoms with Gasteiger partial charge in [0.2, 0.25) is 0 Å². The van der Waals surface area contributed by atoms with Crippen molar-refractivity contribution in [1.29, 1.82) is 0 Å². The number of carbonyl (C=O) groups excluding carboxylic acids is 1. The molecule has 0 spiro atoms. The molecular formula is C23H24N4OS. The third kappa shape index (κ3) is 4.59. The van der Waals surface area contributed by atoms with E-state index >= 15 is 0 Å². The Morgan fingerprint density at radius 3 is 2.38 bits per heavy atom. The molecule has 148 valence electrons. The fraction of sp³-hybridized carbons (Fsp3) is 0.261. The molecule has 2 heterocycles. The van der Waals surface area contributed by atoms with Crippen LogP contribution in [0.2, 0.25) is 0 Å². The summed E-state index contributed by atoms with van der Waals surface area (Å²) in [5, 5.41) is 11.8. The molecule has 1 amide bonds. The van der Waals surface area contributed by atoms with Gasteiger partial charge in [-0.2, -0.15) is 0 Å². The smallest absolute Gasteiger partial charge is 0.256 e. The second-order valence-corrected chi connectivity index (χ2v) is 7.90. The van der Waals surface area contributed by atoms with Crippen LogP contribution in [0.15, 0.2) is 65.6 Å². The van der Waals surface area contributed by atoms with Crippen molar-refractivity contribution in [3.63, 3.8) is 0 Å². The predicted octanol–water partition coefficient (Wildman–Crippen LogP) is 5.11. The number of benzene rings is 2. The van der Waals surface area contributed by atoms with E-state index in [2.05, 4.69) is 20.4 Å². The van der Waals surface area contributed by atoms with E-state index in [1.165, 1.54) is 19.3 Å². The van der Waals surface area contributed by atoms with Crippen molar-refractivity contribution in [3.05, 3.63) is 66.2 Å². The number of anilines is 2. The van der Waals surface area contributed by atoms with E-state index in [4.69, 9.17) is 0 Å². The lowest BCUT2D eigenvalue weighted by atomic mass is 10.1. The minimum atomic E-state index is -0.103. The van der Waals surface area contributed by atoms with Gasteiger partial charge < -0.3 is 10.2 Å². The molecule has 1 saturated heterocycles. The zero-order chi connectivity index (χ0) is 20.1. The SMILES string of the molecule is CSc1ccccc1C(=O)Nc1ccc(-c2ccc(N3CCCCC3)nn2)cc1. The topological polar surface area (TPSA) is 58.1 Å². The maximum absolute atomic E-state index is 12.6. The van der Waals surface area contributed by atoms with Gasteiger partial charge in [0.1, 0.15) is 0 Å². The normalized spacial score (nSPS) is 13.9. The lowest BCUT2D eigenvalue weighted by Crippen LogP contribution is -2.30. The Morgan fingerprint density at radius 2 is 1.69 bits per heavy atom. The molecule has 29 heavy (non-hydrogen) atoms. The van der Waals surface area contributed by atoms with Crippen molar-refractivity contribution < 1.29 is 4.79 Å². The van der Waals surface area contributed by atoms with E-state index < -0.39 is 0 Å². The molecule has 0 radical (unpaired) electrons. The van der Waals surface area contributed by atoms with Gasteiger partial charge in [-0.3, -0.25) is 4.79 Å². The van der Waals surface area contributed by atoms with Crippen molar-refractivity contribution in [2.45, 2.75) is 24.2 Å². The lowest BCUT2D eigenvalue weighted by molar-refractivity contribution is 0.102. The highest BCUT2D eigenvalue weighted by atomic mass is 32.2. The molecular weight excluding hydrogens is 380 g/mol. The van der Waals surface area contributed by atoms with Crippen LogP contribution >= 0.6 is 11.8 Å². The molecule has 0 bridgehead atoms. The number of carbonyl (C=O) groups is 1. The van der Waals surface area contributed by atoms with Gasteiger partial charge in [0, 0.05) is 29.2 Å². The quantitative estimate of drug-likeness (QED) is 0.599. The maximum atomic E-state index is 12.6. The molecule has 2 aromatic carbocycles. The van der Waals surface area contributed by atoms with Crippen LogP contribution in [0.25, 0.3) is 11.3 Å². The fourth-order valence-electron chi connectivity index (χ4n) is 3.53. The summed E-state index contributed by atoms with van der Waals surface area (Å²) in [4.78, 5) is 15.8. The Hall–Kier alpha value is -2.86. The fourth-order valence-corrected chi connectivity index (χ4v) is 4.12. The van der Waals surface area contributed by atoms with Crippen LogP contribution in [0, 0.1) is 0 Å². The Morgan fingerprint density at radius 1 is 0.931 bits per heavy atom. The van der Waals surface area contributed by atoms with Crippen LogP contribution in [-0.2, 0) is 0 Å². The van der Waals surface area contributed by atoms with Gasteiger partial charge in [0.25, 0.3) is 5.91 Å². The van der Waals surface area contributed by atoms with Crippen LogP contribution in [0.4, 0.5) is 11.5 Å². The molecule has 1 aliphatic rings. The van der Waals surface area contributed by atoms with Gasteiger partial charge >= 0.3 is 0 Å². The second kappa shape index (κ2) is 9.09. The summed E-state index contributed by atoms with van der Waals surface area (Å²) in [6.45, 7) is 2.12. The van der Waals surface area contributed by atoms with Gasteiger partial charge in [0.05, 0.1) is 11.3 Å². The molecule has 6 heteroatoms. The number of hydrogen-bond acceptors (Lipinski definition) is 5. The number of nitrogens with zero attached hydrogens (tertiary/aromatic N) is 3. The highest BCUT2D eigenvalue weighted by Gasteiger charge is 2.13. The first-order valence-electron chi connectivity index (χ1n) is 9.88. The van der Waals surface area contributed by atoms with Crippen LogP contribution in [0.5, 0.6) is 0 Å². The maximum Gasteiger partial charge on any atom is 0.256 e. The summed E-state index contributed by atoms with van der Waals surface area (Å²) >= 11 is 1.57. The van der Waals surface area contributed by atoms with Crippen molar-refractivity contribution >= 4 is 29.2 Å². The molecule has 0 saturated carbocycles. The lowest BCUT2D eigenvalue weighted by Gasteiger charge is -2.27. The number of amides is 1. The zero-order valence-corrected chi connectivity index (χ0v) is 17.3. The Labute approximate surface area is 175 Å². The monoisotopic (exact) mass is 404 g/mol. The third-order valence-electron chi connectivity index (χ3n) is 5.12. The Balaban J connectivity index is 1.44. The predicted molar refractivity (Wildman–Crippen MR) is 120 cm³/mol. The number of nitrogens with one attached hydrogen (secondary N) is 1. The van der Waals surface area contributed by atoms with Gasteiger partial charge in [-0.15, -0.1) is 22.0 Å². The van der Waals surface area contributed by atoms with E-state index in [-0.39, 0.29) is 5.91 Å². The second-order valence-electron chi connectivity index (χ2n) is 7.06. The van der Waals surface area contributed by atoms with E-state index in [9.17, 15) is 4.79 Å². The first-order chi connectivity index (χ1) is 14.2. The largest absolute Gasteiger partial charge is 0.355 e. The number of thioether (sulfide) groups is 1. The molecule has 5 nitrogen and oxygen atoms in total. The minimum Gasteiger partial charge on any atom is -0.355 e. The van der Waals surface area contributed by atoms with Crippen molar-refractivity contribution in [3.8, 4) is 11.3 Å². The van der Waals surface area contributed by atoms with Gasteiger partial charge in [-0.1, -0.05) is 24.3 Å². The summed E-state index contributed by atoms with van der Waals surface area (Å²) in [5.41, 5.74) is 3.25. The number of aromatic nitrogens is 2. The average Bonchev–Trinajstić information content (AvgIpc) is 2.80. The Kier molecular flexibility index (Phi) is 6.10. The van der Waals surface area contributed by atoms with E-state index in [0.29, 0.717) is 5.56 Å². The van der Waals surface area contributed by atoms with E-state index in [1.807, 2.05) is 66.9 Å². The molecule has 0 aliphatic carbocycles. The molecule has 4 rings (SSSR count). The van der Waals surface area contributed by atoms with Crippen LogP contribution in [-0.4, -0.2) is 35.4 Å². The summed E-state index contributed by atoms with van der Waals surface area (Å²) in [5.74, 6) is 0.846. The molecule has 0 unspecified atom stereocenters. The van der Waals surface area contributed by atoms with Gasteiger partial charge in [0.15, 0.2) is 5.82 Å². The van der Waals surface area contributed by atoms with Crippen LogP contribution < -0.4 is 10.2 Å². The highest BCUT2D eigenvalue weighted by Crippen LogP contribution is 2.24. The zero-order valence-electron chi connectivity index (χ0n) is 16.5. The van der Waals surface area contributed by atoms with Crippen molar-refractivity contribution in [2.75, 3.05) is 29.6 Å². The average molecular weight is 405 g/mol. The first kappa shape index (κ1) is 19.5. The number of hydrogen-bond donors (Lipinski definition) is 1. The molecule has 0 atom stereocenters. The molecule has 3 aromatic rings. The van der Waals surface area contributed by atoms with Crippen LogP contribution in [0.3, 0.4) is 0 Å². The Bertz CT molecular complexity index is 967. The molecule has 1 aliphatic heterocycles. The van der Waals surface area contributed by atoms with Crippen molar-refractivity contribution in [1.82, 2.24) is 10.2 Å².